The number of anilines is 1. The van der Waals surface area contributed by atoms with Gasteiger partial charge in [0.05, 0.1) is 12.6 Å². The predicted octanol–water partition coefficient (Wildman–Crippen LogP) is 1.35. The van der Waals surface area contributed by atoms with Crippen molar-refractivity contribution in [2.45, 2.75) is 45.7 Å². The summed E-state index contributed by atoms with van der Waals surface area (Å²) in [5.41, 5.74) is 1.53. The molecule has 8 nitrogen and oxygen atoms in total. The zero-order valence-corrected chi connectivity index (χ0v) is 19.4. The van der Waals surface area contributed by atoms with Crippen molar-refractivity contribution in [3.8, 4) is 0 Å². The van der Waals surface area contributed by atoms with Crippen LogP contribution < -0.4 is 20.9 Å². The monoisotopic (exact) mass is 444 g/mol. The Hall–Kier alpha value is -2.45. The first-order chi connectivity index (χ1) is 15.4. The molecule has 0 saturated carbocycles. The van der Waals surface area contributed by atoms with Crippen LogP contribution in [0.15, 0.2) is 24.3 Å². The summed E-state index contributed by atoms with van der Waals surface area (Å²) in [6.45, 7) is 10.1. The second kappa shape index (κ2) is 11.4. The van der Waals surface area contributed by atoms with Crippen molar-refractivity contribution in [1.29, 1.82) is 0 Å². The van der Waals surface area contributed by atoms with E-state index in [1.165, 1.54) is 0 Å². The van der Waals surface area contributed by atoms with Crippen LogP contribution >= 0.6 is 0 Å². The molecule has 8 heteroatoms. The van der Waals surface area contributed by atoms with Gasteiger partial charge in [0.2, 0.25) is 5.91 Å². The van der Waals surface area contributed by atoms with E-state index in [2.05, 4.69) is 20.9 Å². The van der Waals surface area contributed by atoms with Crippen molar-refractivity contribution in [2.75, 3.05) is 44.3 Å². The molecule has 3 atom stereocenters. The van der Waals surface area contributed by atoms with E-state index >= 15 is 0 Å². The van der Waals surface area contributed by atoms with Gasteiger partial charge in [0, 0.05) is 43.3 Å². The van der Waals surface area contributed by atoms with E-state index in [1.807, 2.05) is 39.0 Å². The number of hydrogen-bond donors (Lipinski definition) is 3. The van der Waals surface area contributed by atoms with Gasteiger partial charge in [0.25, 0.3) is 5.91 Å². The van der Waals surface area contributed by atoms with Crippen molar-refractivity contribution in [1.82, 2.24) is 16.0 Å². The number of carbonyl (C=O) groups excluding carboxylic acids is 3. The molecule has 176 valence electrons. The molecular weight excluding hydrogens is 408 g/mol. The fourth-order valence-electron chi connectivity index (χ4n) is 4.28. The third-order valence-electron chi connectivity index (χ3n) is 6.14. The maximum atomic E-state index is 13.1. The van der Waals surface area contributed by atoms with Crippen molar-refractivity contribution < 1.29 is 19.1 Å². The smallest absolute Gasteiger partial charge is 0.252 e. The number of rotatable bonds is 8. The maximum Gasteiger partial charge on any atom is 0.252 e. The van der Waals surface area contributed by atoms with E-state index in [0.717, 1.165) is 38.3 Å². The van der Waals surface area contributed by atoms with Gasteiger partial charge in [-0.3, -0.25) is 14.4 Å². The van der Waals surface area contributed by atoms with Gasteiger partial charge in [-0.2, -0.15) is 0 Å². The summed E-state index contributed by atoms with van der Waals surface area (Å²) >= 11 is 0. The summed E-state index contributed by atoms with van der Waals surface area (Å²) in [7, 11) is 0. The molecule has 2 aliphatic heterocycles. The number of piperazine rings is 1. The lowest BCUT2D eigenvalue weighted by Gasteiger charge is -2.32. The largest absolute Gasteiger partial charge is 0.373 e. The topological polar surface area (TPSA) is 99.8 Å². The van der Waals surface area contributed by atoms with Gasteiger partial charge in [-0.1, -0.05) is 26.8 Å². The van der Waals surface area contributed by atoms with Gasteiger partial charge in [-0.25, -0.2) is 0 Å². The zero-order valence-electron chi connectivity index (χ0n) is 19.4. The Labute approximate surface area is 190 Å². The highest BCUT2D eigenvalue weighted by Gasteiger charge is 2.34. The molecule has 2 heterocycles. The maximum absolute atomic E-state index is 13.1. The molecule has 32 heavy (non-hydrogen) atoms. The molecule has 1 aromatic carbocycles. The van der Waals surface area contributed by atoms with Crippen LogP contribution in [0.5, 0.6) is 0 Å². The summed E-state index contributed by atoms with van der Waals surface area (Å²) in [5.74, 6) is -0.566. The number of nitrogens with zero attached hydrogens (tertiary/aromatic N) is 1. The van der Waals surface area contributed by atoms with Crippen LogP contribution in [0.4, 0.5) is 5.69 Å². The van der Waals surface area contributed by atoms with E-state index in [4.69, 9.17) is 4.74 Å². The van der Waals surface area contributed by atoms with Gasteiger partial charge < -0.3 is 25.6 Å². The first-order valence-electron chi connectivity index (χ1n) is 11.7. The molecule has 0 radical (unpaired) electrons. The number of ether oxygens (including phenoxy) is 1. The Balaban J connectivity index is 1.70. The minimum Gasteiger partial charge on any atom is -0.373 e. The molecule has 0 aromatic heterocycles. The highest BCUT2D eigenvalue weighted by atomic mass is 16.5. The Bertz CT molecular complexity index is 807. The minimum atomic E-state index is -0.710. The number of amides is 2. The molecule has 0 bridgehead atoms. The van der Waals surface area contributed by atoms with Crippen molar-refractivity contribution in [3.63, 3.8) is 0 Å². The molecule has 2 saturated heterocycles. The van der Waals surface area contributed by atoms with E-state index in [-0.39, 0.29) is 36.0 Å². The van der Waals surface area contributed by atoms with Crippen molar-refractivity contribution in [3.05, 3.63) is 29.8 Å². The van der Waals surface area contributed by atoms with Crippen LogP contribution in [-0.2, 0) is 14.3 Å². The Kier molecular flexibility index (Phi) is 8.64. The summed E-state index contributed by atoms with van der Waals surface area (Å²) < 4.78 is 5.33. The van der Waals surface area contributed by atoms with Crippen LogP contribution in [0.3, 0.4) is 0 Å². The Morgan fingerprint density at radius 2 is 2.00 bits per heavy atom. The molecule has 3 N–H and O–H groups in total. The third kappa shape index (κ3) is 6.29. The number of Topliss-reactive ketones (excluding diaryl/α,β-unsaturated/α-hetero) is 1. The van der Waals surface area contributed by atoms with Crippen LogP contribution in [-0.4, -0.2) is 69.1 Å². The molecule has 0 aliphatic carbocycles. The first kappa shape index (κ1) is 24.2. The zero-order chi connectivity index (χ0) is 23.1. The summed E-state index contributed by atoms with van der Waals surface area (Å²) in [5, 5.41) is 9.13. The van der Waals surface area contributed by atoms with E-state index in [9.17, 15) is 14.4 Å². The number of ketones is 1. The van der Waals surface area contributed by atoms with Gasteiger partial charge in [-0.05, 0) is 37.0 Å². The standard InChI is InChI=1S/C24H36N4O4/c1-4-17-14-32-15-21(29)22(17)27-24(31)20(12-16(2)3)26-23(30)18-6-5-7-19(13-18)28-10-8-25-9-11-28/h5-7,13,16-17,20,22,25H,4,8-12,14-15H2,1-3H3,(H,26,30)(H,27,31)/t17-,20+,22+/m1/s1. The molecule has 2 aliphatic rings. The minimum absolute atomic E-state index is 0.0153. The fourth-order valence-corrected chi connectivity index (χ4v) is 4.28. The SMILES string of the molecule is CC[C@@H]1COCC(=O)[C@H]1NC(=O)[C@H](CC(C)C)NC(=O)c1cccc(N2CCNCC2)c1. The molecule has 2 amide bonds. The summed E-state index contributed by atoms with van der Waals surface area (Å²) in [4.78, 5) is 40.7. The lowest BCUT2D eigenvalue weighted by Crippen LogP contribution is -2.56. The Morgan fingerprint density at radius 1 is 1.25 bits per heavy atom. The quantitative estimate of drug-likeness (QED) is 0.560. The summed E-state index contributed by atoms with van der Waals surface area (Å²) in [6, 6.07) is 6.24. The van der Waals surface area contributed by atoms with Gasteiger partial charge in [0.1, 0.15) is 12.6 Å². The van der Waals surface area contributed by atoms with Crippen LogP contribution in [0.1, 0.15) is 44.0 Å². The third-order valence-corrected chi connectivity index (χ3v) is 6.14. The second-order valence-electron chi connectivity index (χ2n) is 9.08. The number of nitrogens with one attached hydrogen (secondary N) is 3. The second-order valence-corrected chi connectivity index (χ2v) is 9.08. The van der Waals surface area contributed by atoms with Crippen LogP contribution in [0, 0.1) is 11.8 Å². The lowest BCUT2D eigenvalue weighted by atomic mass is 9.91. The number of hydrogen-bond acceptors (Lipinski definition) is 6. The highest BCUT2D eigenvalue weighted by Crippen LogP contribution is 2.19. The van der Waals surface area contributed by atoms with Crippen molar-refractivity contribution >= 4 is 23.3 Å². The van der Waals surface area contributed by atoms with E-state index in [1.54, 1.807) is 6.07 Å². The van der Waals surface area contributed by atoms with E-state index < -0.39 is 12.1 Å². The number of carbonyl (C=O) groups is 3. The lowest BCUT2D eigenvalue weighted by molar-refractivity contribution is -0.138. The molecule has 0 unspecified atom stereocenters. The average Bonchev–Trinajstić information content (AvgIpc) is 2.80. The van der Waals surface area contributed by atoms with Gasteiger partial charge in [-0.15, -0.1) is 0 Å². The predicted molar refractivity (Wildman–Crippen MR) is 124 cm³/mol. The molecule has 0 spiro atoms. The normalized spacial score (nSPS) is 22.5. The molecular formula is C24H36N4O4. The van der Waals surface area contributed by atoms with Crippen LogP contribution in [0.25, 0.3) is 0 Å². The summed E-state index contributed by atoms with van der Waals surface area (Å²) in [6.07, 6.45) is 1.22. The molecule has 2 fully saturated rings. The molecule has 1 aromatic rings. The average molecular weight is 445 g/mol. The van der Waals surface area contributed by atoms with Crippen LogP contribution in [0.2, 0.25) is 0 Å². The van der Waals surface area contributed by atoms with Crippen molar-refractivity contribution in [2.24, 2.45) is 11.8 Å². The van der Waals surface area contributed by atoms with E-state index in [0.29, 0.717) is 18.6 Å². The number of benzene rings is 1. The first-order valence-corrected chi connectivity index (χ1v) is 11.7. The van der Waals surface area contributed by atoms with Gasteiger partial charge in [0.15, 0.2) is 5.78 Å². The fraction of sp³-hybridized carbons (Fsp3) is 0.625. The van der Waals surface area contributed by atoms with Gasteiger partial charge >= 0.3 is 0 Å². The Morgan fingerprint density at radius 3 is 2.69 bits per heavy atom. The molecule has 3 rings (SSSR count). The highest BCUT2D eigenvalue weighted by molar-refractivity contribution is 5.99.